The number of nitriles is 1. The predicted octanol–water partition coefficient (Wildman–Crippen LogP) is 6.04. The van der Waals surface area contributed by atoms with E-state index in [0.29, 0.717) is 11.6 Å². The van der Waals surface area contributed by atoms with E-state index >= 15 is 0 Å². The molecule has 0 saturated carbocycles. The van der Waals surface area contributed by atoms with Crippen molar-refractivity contribution in [2.24, 2.45) is 0 Å². The highest BCUT2D eigenvalue weighted by atomic mass is 15.1. The molecule has 3 aromatic carbocycles. The second-order valence-corrected chi connectivity index (χ2v) is 9.21. The number of aromatic nitrogens is 1. The van der Waals surface area contributed by atoms with Crippen LogP contribution in [0.4, 0.5) is 0 Å². The standard InChI is InChI=1S/C31H30N4/c32-20-26-19-30(27-9-5-2-6-10-27)31(34-22-26)28-13-11-25(12-14-28)23-35-17-15-29(16-18-35)33-21-24-7-3-1-4-8-24/h1-14,19,22,29,33H,15-18,21,23H2. The zero-order valence-corrected chi connectivity index (χ0v) is 19.9. The Kier molecular flexibility index (Phi) is 7.29. The fourth-order valence-electron chi connectivity index (χ4n) is 4.77. The van der Waals surface area contributed by atoms with Gasteiger partial charge in [-0.3, -0.25) is 9.88 Å². The van der Waals surface area contributed by atoms with E-state index in [4.69, 9.17) is 0 Å². The first-order chi connectivity index (χ1) is 17.3. The normalized spacial score (nSPS) is 14.5. The summed E-state index contributed by atoms with van der Waals surface area (Å²) in [6, 6.07) is 34.3. The largest absolute Gasteiger partial charge is 0.310 e. The smallest absolute Gasteiger partial charge is 0.101 e. The number of nitrogens with one attached hydrogen (secondary N) is 1. The summed E-state index contributed by atoms with van der Waals surface area (Å²) in [6.45, 7) is 4.15. The summed E-state index contributed by atoms with van der Waals surface area (Å²) in [5.41, 5.74) is 7.28. The zero-order valence-electron chi connectivity index (χ0n) is 19.9. The SMILES string of the molecule is N#Cc1cnc(-c2ccc(CN3CCC(NCc4ccccc4)CC3)cc2)c(-c2ccccc2)c1. The van der Waals surface area contributed by atoms with Crippen molar-refractivity contribution in [3.05, 3.63) is 114 Å². The fraction of sp³-hybridized carbons (Fsp3) is 0.226. The molecule has 0 atom stereocenters. The first kappa shape index (κ1) is 23.0. The molecule has 1 saturated heterocycles. The number of hydrogen-bond acceptors (Lipinski definition) is 4. The molecule has 1 aliphatic heterocycles. The highest BCUT2D eigenvalue weighted by molar-refractivity contribution is 5.81. The van der Waals surface area contributed by atoms with Crippen LogP contribution in [0.25, 0.3) is 22.4 Å². The minimum absolute atomic E-state index is 0.575. The molecule has 4 aromatic rings. The molecule has 1 aliphatic rings. The van der Waals surface area contributed by atoms with Gasteiger partial charge in [0, 0.05) is 36.5 Å². The molecular weight excluding hydrogens is 428 g/mol. The van der Waals surface area contributed by atoms with Crippen molar-refractivity contribution in [3.63, 3.8) is 0 Å². The minimum atomic E-state index is 0.575. The van der Waals surface area contributed by atoms with Crippen molar-refractivity contribution in [1.29, 1.82) is 5.26 Å². The number of piperidine rings is 1. The maximum atomic E-state index is 9.36. The second-order valence-electron chi connectivity index (χ2n) is 9.21. The summed E-state index contributed by atoms with van der Waals surface area (Å²) in [5.74, 6) is 0. The Labute approximate surface area is 207 Å². The monoisotopic (exact) mass is 458 g/mol. The molecule has 35 heavy (non-hydrogen) atoms. The molecule has 0 radical (unpaired) electrons. The number of pyridine rings is 1. The van der Waals surface area contributed by atoms with Gasteiger partial charge in [0.15, 0.2) is 0 Å². The van der Waals surface area contributed by atoms with Crippen molar-refractivity contribution >= 4 is 0 Å². The molecule has 0 aliphatic carbocycles. The lowest BCUT2D eigenvalue weighted by Gasteiger charge is -2.32. The third-order valence-corrected chi connectivity index (χ3v) is 6.76. The number of likely N-dealkylation sites (tertiary alicyclic amines) is 1. The number of nitrogens with zero attached hydrogens (tertiary/aromatic N) is 3. The molecule has 5 rings (SSSR count). The Morgan fingerprint density at radius 3 is 2.20 bits per heavy atom. The summed E-state index contributed by atoms with van der Waals surface area (Å²) >= 11 is 0. The van der Waals surface area contributed by atoms with Gasteiger partial charge in [0.25, 0.3) is 0 Å². The molecule has 1 N–H and O–H groups in total. The highest BCUT2D eigenvalue weighted by Gasteiger charge is 2.19. The van der Waals surface area contributed by atoms with Crippen molar-refractivity contribution < 1.29 is 0 Å². The van der Waals surface area contributed by atoms with Crippen molar-refractivity contribution in [2.45, 2.75) is 32.0 Å². The molecule has 4 nitrogen and oxygen atoms in total. The van der Waals surface area contributed by atoms with Crippen molar-refractivity contribution in [1.82, 2.24) is 15.2 Å². The van der Waals surface area contributed by atoms with Crippen LogP contribution in [0.5, 0.6) is 0 Å². The van der Waals surface area contributed by atoms with E-state index in [9.17, 15) is 5.26 Å². The molecule has 0 spiro atoms. The van der Waals surface area contributed by atoms with Gasteiger partial charge in [0.1, 0.15) is 6.07 Å². The molecule has 1 fully saturated rings. The molecular formula is C31H30N4. The lowest BCUT2D eigenvalue weighted by Crippen LogP contribution is -2.41. The Morgan fingerprint density at radius 1 is 0.829 bits per heavy atom. The summed E-state index contributed by atoms with van der Waals surface area (Å²) in [4.78, 5) is 7.20. The molecule has 0 bridgehead atoms. The average molecular weight is 459 g/mol. The van der Waals surface area contributed by atoms with Crippen molar-refractivity contribution in [2.75, 3.05) is 13.1 Å². The van der Waals surface area contributed by atoms with E-state index < -0.39 is 0 Å². The van der Waals surface area contributed by atoms with E-state index in [2.05, 4.69) is 88.0 Å². The van der Waals surface area contributed by atoms with E-state index in [1.807, 2.05) is 24.3 Å². The quantitative estimate of drug-likeness (QED) is 0.367. The molecule has 0 amide bonds. The second kappa shape index (κ2) is 11.1. The lowest BCUT2D eigenvalue weighted by molar-refractivity contribution is 0.190. The first-order valence-electron chi connectivity index (χ1n) is 12.3. The van der Waals surface area contributed by atoms with Gasteiger partial charge in [-0.25, -0.2) is 0 Å². The predicted molar refractivity (Wildman–Crippen MR) is 141 cm³/mol. The Bertz CT molecular complexity index is 1270. The fourth-order valence-corrected chi connectivity index (χ4v) is 4.77. The molecule has 4 heteroatoms. The maximum absolute atomic E-state index is 9.36. The lowest BCUT2D eigenvalue weighted by atomic mass is 9.97. The third-order valence-electron chi connectivity index (χ3n) is 6.76. The Balaban J connectivity index is 1.21. The summed E-state index contributed by atoms with van der Waals surface area (Å²) in [7, 11) is 0. The molecule has 174 valence electrons. The third kappa shape index (κ3) is 5.84. The topological polar surface area (TPSA) is 52.0 Å². The number of benzene rings is 3. The van der Waals surface area contributed by atoms with E-state index in [1.54, 1.807) is 6.20 Å². The summed E-state index contributed by atoms with van der Waals surface area (Å²) < 4.78 is 0. The number of rotatable bonds is 7. The van der Waals surface area contributed by atoms with Crippen LogP contribution >= 0.6 is 0 Å². The molecule has 1 aromatic heterocycles. The minimum Gasteiger partial charge on any atom is -0.310 e. The van der Waals surface area contributed by atoms with E-state index in [1.165, 1.54) is 24.0 Å². The van der Waals surface area contributed by atoms with Gasteiger partial charge < -0.3 is 5.32 Å². The maximum Gasteiger partial charge on any atom is 0.101 e. The first-order valence-corrected chi connectivity index (χ1v) is 12.3. The van der Waals surface area contributed by atoms with Gasteiger partial charge in [-0.15, -0.1) is 0 Å². The Hall–Kier alpha value is -3.78. The van der Waals surface area contributed by atoms with Gasteiger partial charge in [-0.2, -0.15) is 5.26 Å². The summed E-state index contributed by atoms with van der Waals surface area (Å²) in [5, 5.41) is 13.1. The molecule has 2 heterocycles. The average Bonchev–Trinajstić information content (AvgIpc) is 2.94. The van der Waals surface area contributed by atoms with Crippen LogP contribution in [0, 0.1) is 11.3 Å². The zero-order chi connectivity index (χ0) is 23.9. The van der Waals surface area contributed by atoms with E-state index in [-0.39, 0.29) is 0 Å². The van der Waals surface area contributed by atoms with Crippen LogP contribution in [0.3, 0.4) is 0 Å². The van der Waals surface area contributed by atoms with Gasteiger partial charge in [-0.1, -0.05) is 84.9 Å². The van der Waals surface area contributed by atoms with Crippen LogP contribution in [-0.4, -0.2) is 29.0 Å². The van der Waals surface area contributed by atoms with Crippen LogP contribution in [0.1, 0.15) is 29.5 Å². The van der Waals surface area contributed by atoms with Crippen LogP contribution in [0.15, 0.2) is 97.2 Å². The van der Waals surface area contributed by atoms with Crippen LogP contribution < -0.4 is 5.32 Å². The van der Waals surface area contributed by atoms with Crippen molar-refractivity contribution in [3.8, 4) is 28.5 Å². The highest BCUT2D eigenvalue weighted by Crippen LogP contribution is 2.31. The van der Waals surface area contributed by atoms with E-state index in [0.717, 1.165) is 48.6 Å². The van der Waals surface area contributed by atoms with Gasteiger partial charge in [-0.05, 0) is 48.7 Å². The van der Waals surface area contributed by atoms with Crippen LogP contribution in [0.2, 0.25) is 0 Å². The molecule has 0 unspecified atom stereocenters. The van der Waals surface area contributed by atoms with Gasteiger partial charge in [0.2, 0.25) is 0 Å². The summed E-state index contributed by atoms with van der Waals surface area (Å²) in [6.07, 6.45) is 4.02. The van der Waals surface area contributed by atoms with Crippen LogP contribution in [-0.2, 0) is 13.1 Å². The van der Waals surface area contributed by atoms with Gasteiger partial charge in [0.05, 0.1) is 11.3 Å². The Morgan fingerprint density at radius 2 is 1.51 bits per heavy atom. The number of hydrogen-bond donors (Lipinski definition) is 1. The van der Waals surface area contributed by atoms with Gasteiger partial charge >= 0.3 is 0 Å².